The molecule has 0 aliphatic heterocycles. The van der Waals surface area contributed by atoms with Crippen LogP contribution in [0, 0.1) is 5.92 Å². The minimum atomic E-state index is 0.414. The van der Waals surface area contributed by atoms with Gasteiger partial charge in [-0.1, -0.05) is 24.6 Å². The highest BCUT2D eigenvalue weighted by Gasteiger charge is 2.20. The Bertz CT molecular complexity index is 537. The van der Waals surface area contributed by atoms with Crippen LogP contribution in [0.5, 0.6) is 0 Å². The molecule has 1 aromatic heterocycles. The van der Waals surface area contributed by atoms with Gasteiger partial charge >= 0.3 is 0 Å². The van der Waals surface area contributed by atoms with Crippen LogP contribution in [-0.2, 0) is 6.54 Å². The topological polar surface area (TPSA) is 17.0 Å². The number of nitrogens with zero attached hydrogens (tertiary/aromatic N) is 1. The van der Waals surface area contributed by atoms with Crippen LogP contribution in [-0.4, -0.2) is 11.6 Å². The van der Waals surface area contributed by atoms with Gasteiger partial charge in [-0.2, -0.15) is 0 Å². The first-order chi connectivity index (χ1) is 8.79. The van der Waals surface area contributed by atoms with Crippen LogP contribution >= 0.6 is 0 Å². The van der Waals surface area contributed by atoms with Crippen molar-refractivity contribution in [3.8, 4) is 0 Å². The third-order valence-corrected chi connectivity index (χ3v) is 4.40. The summed E-state index contributed by atoms with van der Waals surface area (Å²) in [7, 11) is 2.03. The maximum absolute atomic E-state index is 3.35. The summed E-state index contributed by atoms with van der Waals surface area (Å²) in [5.41, 5.74) is 2.81. The fraction of sp³-hybridized carbons (Fsp3) is 0.500. The van der Waals surface area contributed by atoms with Crippen molar-refractivity contribution >= 4 is 10.9 Å². The Morgan fingerprint density at radius 1 is 1.33 bits per heavy atom. The van der Waals surface area contributed by atoms with Crippen molar-refractivity contribution in [2.75, 3.05) is 7.05 Å². The van der Waals surface area contributed by atoms with Crippen molar-refractivity contribution in [2.45, 2.75) is 38.8 Å². The summed E-state index contributed by atoms with van der Waals surface area (Å²) in [4.78, 5) is 0. The first-order valence-corrected chi connectivity index (χ1v) is 7.04. The van der Waals surface area contributed by atoms with Gasteiger partial charge in [-0.15, -0.1) is 0 Å². The molecule has 2 nitrogen and oxygen atoms in total. The van der Waals surface area contributed by atoms with Gasteiger partial charge in [0, 0.05) is 29.7 Å². The van der Waals surface area contributed by atoms with Crippen molar-refractivity contribution in [1.82, 2.24) is 9.88 Å². The van der Waals surface area contributed by atoms with E-state index in [2.05, 4.69) is 47.3 Å². The first-order valence-electron chi connectivity index (χ1n) is 7.04. The van der Waals surface area contributed by atoms with Crippen LogP contribution in [0.2, 0.25) is 0 Å². The van der Waals surface area contributed by atoms with Crippen molar-refractivity contribution < 1.29 is 0 Å². The second kappa shape index (κ2) is 4.77. The smallest absolute Gasteiger partial charge is 0.0483 e. The van der Waals surface area contributed by atoms with Gasteiger partial charge in [-0.05, 0) is 44.4 Å². The molecule has 1 heterocycles. The Morgan fingerprint density at radius 2 is 2.11 bits per heavy atom. The molecule has 18 heavy (non-hydrogen) atoms. The van der Waals surface area contributed by atoms with Crippen molar-refractivity contribution in [1.29, 1.82) is 0 Å². The van der Waals surface area contributed by atoms with Crippen LogP contribution in [0.4, 0.5) is 0 Å². The number of hydrogen-bond donors (Lipinski definition) is 1. The average Bonchev–Trinajstić information content (AvgIpc) is 2.72. The maximum Gasteiger partial charge on any atom is 0.0483 e. The van der Waals surface area contributed by atoms with E-state index >= 15 is 0 Å². The van der Waals surface area contributed by atoms with Crippen molar-refractivity contribution in [2.24, 2.45) is 5.92 Å². The van der Waals surface area contributed by atoms with E-state index in [1.807, 2.05) is 7.05 Å². The van der Waals surface area contributed by atoms with E-state index < -0.39 is 0 Å². The molecule has 96 valence electrons. The number of hydrogen-bond acceptors (Lipinski definition) is 1. The zero-order valence-corrected chi connectivity index (χ0v) is 11.3. The summed E-state index contributed by atoms with van der Waals surface area (Å²) in [6, 6.07) is 9.20. The van der Waals surface area contributed by atoms with E-state index in [4.69, 9.17) is 0 Å². The number of benzene rings is 1. The SMILES string of the molecule is CNC(C)c1cn(CC2CCC2)c2ccccc12. The lowest BCUT2D eigenvalue weighted by Crippen LogP contribution is -2.17. The lowest BCUT2D eigenvalue weighted by atomic mass is 9.85. The fourth-order valence-corrected chi connectivity index (χ4v) is 2.88. The summed E-state index contributed by atoms with van der Waals surface area (Å²) in [5.74, 6) is 0.901. The molecule has 3 rings (SSSR count). The molecule has 0 radical (unpaired) electrons. The number of fused-ring (bicyclic) bond motifs is 1. The molecule has 0 saturated heterocycles. The van der Waals surface area contributed by atoms with E-state index in [0.29, 0.717) is 6.04 Å². The minimum absolute atomic E-state index is 0.414. The van der Waals surface area contributed by atoms with E-state index in [9.17, 15) is 0 Å². The summed E-state index contributed by atoms with van der Waals surface area (Å²) >= 11 is 0. The molecule has 1 fully saturated rings. The second-order valence-corrected chi connectivity index (χ2v) is 5.56. The molecule has 0 spiro atoms. The predicted octanol–water partition coefficient (Wildman–Crippen LogP) is 3.72. The molecule has 1 atom stereocenters. The normalized spacial score (nSPS) is 17.9. The first kappa shape index (κ1) is 11.8. The largest absolute Gasteiger partial charge is 0.347 e. The predicted molar refractivity (Wildman–Crippen MR) is 76.8 cm³/mol. The molecule has 1 aromatic carbocycles. The van der Waals surface area contributed by atoms with Crippen molar-refractivity contribution in [3.05, 3.63) is 36.0 Å². The molecule has 1 unspecified atom stereocenters. The highest BCUT2D eigenvalue weighted by molar-refractivity contribution is 5.84. The standard InChI is InChI=1S/C16H22N2/c1-12(17-2)15-11-18(10-13-6-5-7-13)16-9-4-3-8-14(15)16/h3-4,8-9,11-13,17H,5-7,10H2,1-2H3. The van der Waals surface area contributed by atoms with Gasteiger partial charge in [-0.25, -0.2) is 0 Å². The van der Waals surface area contributed by atoms with Crippen LogP contribution in [0.25, 0.3) is 10.9 Å². The number of nitrogens with one attached hydrogen (secondary N) is 1. The third kappa shape index (κ3) is 1.95. The van der Waals surface area contributed by atoms with Gasteiger partial charge in [0.1, 0.15) is 0 Å². The molecule has 1 saturated carbocycles. The number of para-hydroxylation sites is 1. The van der Waals surface area contributed by atoms with Crippen LogP contribution < -0.4 is 5.32 Å². The fourth-order valence-electron chi connectivity index (χ4n) is 2.88. The van der Waals surface area contributed by atoms with Gasteiger partial charge in [0.2, 0.25) is 0 Å². The highest BCUT2D eigenvalue weighted by Crippen LogP contribution is 2.32. The number of rotatable bonds is 4. The van der Waals surface area contributed by atoms with E-state index in [-0.39, 0.29) is 0 Å². The Hall–Kier alpha value is -1.28. The van der Waals surface area contributed by atoms with Gasteiger partial charge < -0.3 is 9.88 Å². The second-order valence-electron chi connectivity index (χ2n) is 5.56. The average molecular weight is 242 g/mol. The molecule has 2 heteroatoms. The molecular formula is C16H22N2. The van der Waals surface area contributed by atoms with E-state index in [0.717, 1.165) is 5.92 Å². The Balaban J connectivity index is 2.02. The lowest BCUT2D eigenvalue weighted by molar-refractivity contribution is 0.279. The Kier molecular flexibility index (Phi) is 3.13. The molecule has 0 bridgehead atoms. The summed E-state index contributed by atoms with van der Waals surface area (Å²) in [6.45, 7) is 3.42. The van der Waals surface area contributed by atoms with Gasteiger partial charge in [0.25, 0.3) is 0 Å². The zero-order chi connectivity index (χ0) is 12.5. The van der Waals surface area contributed by atoms with Gasteiger partial charge in [0.15, 0.2) is 0 Å². The summed E-state index contributed by atoms with van der Waals surface area (Å²) in [5, 5.41) is 4.76. The Morgan fingerprint density at radius 3 is 2.78 bits per heavy atom. The maximum atomic E-state index is 3.35. The monoisotopic (exact) mass is 242 g/mol. The molecule has 1 N–H and O–H groups in total. The molecule has 1 aliphatic rings. The number of aromatic nitrogens is 1. The Labute approximate surface area is 109 Å². The van der Waals surface area contributed by atoms with Gasteiger partial charge in [-0.3, -0.25) is 0 Å². The summed E-state index contributed by atoms with van der Waals surface area (Å²) < 4.78 is 2.46. The lowest BCUT2D eigenvalue weighted by Gasteiger charge is -2.26. The third-order valence-electron chi connectivity index (χ3n) is 4.40. The zero-order valence-electron chi connectivity index (χ0n) is 11.3. The van der Waals surface area contributed by atoms with Crippen LogP contribution in [0.1, 0.15) is 37.8 Å². The summed E-state index contributed by atoms with van der Waals surface area (Å²) in [6.07, 6.45) is 6.58. The molecule has 0 amide bonds. The van der Waals surface area contributed by atoms with E-state index in [1.54, 1.807) is 0 Å². The highest BCUT2D eigenvalue weighted by atomic mass is 15.0. The quantitative estimate of drug-likeness (QED) is 0.864. The molecule has 1 aliphatic carbocycles. The van der Waals surface area contributed by atoms with Crippen molar-refractivity contribution in [3.63, 3.8) is 0 Å². The van der Waals surface area contributed by atoms with Crippen LogP contribution in [0.15, 0.2) is 30.5 Å². The van der Waals surface area contributed by atoms with Gasteiger partial charge in [0.05, 0.1) is 0 Å². The van der Waals surface area contributed by atoms with Crippen LogP contribution in [0.3, 0.4) is 0 Å². The molecule has 2 aromatic rings. The molecular weight excluding hydrogens is 220 g/mol. The van der Waals surface area contributed by atoms with E-state index in [1.165, 1.54) is 42.3 Å². The minimum Gasteiger partial charge on any atom is -0.347 e.